The van der Waals surface area contributed by atoms with E-state index in [0.29, 0.717) is 25.0 Å². The first-order valence-corrected chi connectivity index (χ1v) is 12.2. The molecule has 32 heavy (non-hydrogen) atoms. The molecule has 0 radical (unpaired) electrons. The molecule has 2 bridgehead atoms. The highest BCUT2D eigenvalue weighted by Gasteiger charge is 2.44. The molecule has 0 spiro atoms. The van der Waals surface area contributed by atoms with Crippen molar-refractivity contribution >= 4 is 33.0 Å². The van der Waals surface area contributed by atoms with Crippen LogP contribution in [0.5, 0.6) is 0 Å². The number of rotatable bonds is 5. The van der Waals surface area contributed by atoms with E-state index >= 15 is 0 Å². The molecule has 4 rings (SSSR count). The first kappa shape index (κ1) is 23.1. The molecule has 0 aromatic heterocycles. The number of nitrogens with one attached hydrogen (secondary N) is 1. The van der Waals surface area contributed by atoms with Crippen LogP contribution >= 0.6 is 11.6 Å². The van der Waals surface area contributed by atoms with E-state index in [1.54, 1.807) is 0 Å². The molecule has 5 nitrogen and oxygen atoms in total. The monoisotopic (exact) mass is 487 g/mol. The summed E-state index contributed by atoms with van der Waals surface area (Å²) in [6, 6.07) is 4.93. The predicted octanol–water partition coefficient (Wildman–Crippen LogP) is 4.58. The van der Waals surface area contributed by atoms with Gasteiger partial charge in [-0.25, -0.2) is 21.6 Å². The molecule has 0 aliphatic heterocycles. The second-order valence-electron chi connectivity index (χ2n) is 8.52. The molecule has 2 aromatic carbocycles. The summed E-state index contributed by atoms with van der Waals surface area (Å²) in [4.78, 5) is 12.3. The number of anilines is 1. The van der Waals surface area contributed by atoms with Crippen molar-refractivity contribution < 1.29 is 31.5 Å². The molecule has 172 valence electrons. The summed E-state index contributed by atoms with van der Waals surface area (Å²) >= 11 is 6.14. The summed E-state index contributed by atoms with van der Waals surface area (Å²) in [5.41, 5.74) is -0.400. The van der Waals surface area contributed by atoms with E-state index in [4.69, 9.17) is 11.6 Å². The van der Waals surface area contributed by atoms with Gasteiger partial charge < -0.3 is 10.4 Å². The molecule has 2 saturated carbocycles. The van der Waals surface area contributed by atoms with Crippen molar-refractivity contribution in [3.8, 4) is 0 Å². The van der Waals surface area contributed by atoms with Crippen LogP contribution in [0.15, 0.2) is 35.2 Å². The van der Waals surface area contributed by atoms with Gasteiger partial charge in [0.05, 0.1) is 21.8 Å². The standard InChI is InChI=1S/C22H21ClF3NO4S/c23-17-4-3-13(22(29)27-14-8-18(24)21(26)19(25)9-14)7-20(17)32(30,31)10-16-11-1-2-12(16)6-15(28)5-11/h3-4,7-9,11-12,15-16,28H,1-2,5-6,10H2,(H,27,29)/t11-,12?,15?,16-/m0/s1. The second-order valence-corrected chi connectivity index (χ2v) is 10.9. The number of hydrogen-bond acceptors (Lipinski definition) is 4. The largest absolute Gasteiger partial charge is 0.393 e. The highest BCUT2D eigenvalue weighted by molar-refractivity contribution is 7.91. The molecule has 2 fully saturated rings. The number of aliphatic hydroxyl groups is 1. The van der Waals surface area contributed by atoms with E-state index in [1.165, 1.54) is 12.1 Å². The van der Waals surface area contributed by atoms with Crippen LogP contribution in [0.4, 0.5) is 18.9 Å². The van der Waals surface area contributed by atoms with Gasteiger partial charge in [0, 0.05) is 23.4 Å². The third kappa shape index (κ3) is 4.51. The molecule has 10 heteroatoms. The molecular weight excluding hydrogens is 467 g/mol. The van der Waals surface area contributed by atoms with Crippen molar-refractivity contribution in [2.45, 2.75) is 36.7 Å². The quantitative estimate of drug-likeness (QED) is 0.605. The predicted molar refractivity (Wildman–Crippen MR) is 113 cm³/mol. The Bertz CT molecular complexity index is 1140. The fraction of sp³-hybridized carbons (Fsp3) is 0.409. The van der Waals surface area contributed by atoms with Crippen molar-refractivity contribution in [1.82, 2.24) is 0 Å². The van der Waals surface area contributed by atoms with Crippen LogP contribution in [0.1, 0.15) is 36.0 Å². The van der Waals surface area contributed by atoms with Gasteiger partial charge in [0.1, 0.15) is 0 Å². The Morgan fingerprint density at radius 1 is 1.06 bits per heavy atom. The first-order valence-electron chi connectivity index (χ1n) is 10.2. The maximum Gasteiger partial charge on any atom is 0.255 e. The van der Waals surface area contributed by atoms with Gasteiger partial charge in [0.25, 0.3) is 5.91 Å². The highest BCUT2D eigenvalue weighted by Crippen LogP contribution is 2.48. The van der Waals surface area contributed by atoms with E-state index in [2.05, 4.69) is 5.32 Å². The number of carbonyl (C=O) groups is 1. The van der Waals surface area contributed by atoms with Crippen molar-refractivity contribution in [3.05, 3.63) is 58.4 Å². The lowest BCUT2D eigenvalue weighted by atomic mass is 9.78. The first-order chi connectivity index (χ1) is 15.0. The van der Waals surface area contributed by atoms with Gasteiger partial charge in [-0.2, -0.15) is 0 Å². The van der Waals surface area contributed by atoms with Crippen molar-refractivity contribution in [2.75, 3.05) is 11.1 Å². The van der Waals surface area contributed by atoms with Crippen LogP contribution in [0.25, 0.3) is 0 Å². The zero-order valence-corrected chi connectivity index (χ0v) is 18.4. The zero-order valence-electron chi connectivity index (χ0n) is 16.8. The Morgan fingerprint density at radius 2 is 1.66 bits per heavy atom. The fourth-order valence-electron chi connectivity index (χ4n) is 4.95. The lowest BCUT2D eigenvalue weighted by molar-refractivity contribution is 0.0683. The van der Waals surface area contributed by atoms with Gasteiger partial charge in [-0.15, -0.1) is 0 Å². The molecule has 0 heterocycles. The van der Waals surface area contributed by atoms with Crippen LogP contribution in [0, 0.1) is 35.2 Å². The number of aliphatic hydroxyl groups excluding tert-OH is 1. The average Bonchev–Trinajstić information content (AvgIpc) is 2.94. The smallest absolute Gasteiger partial charge is 0.255 e. The van der Waals surface area contributed by atoms with Crippen LogP contribution in [0.3, 0.4) is 0 Å². The van der Waals surface area contributed by atoms with E-state index in [9.17, 15) is 31.5 Å². The summed E-state index contributed by atoms with van der Waals surface area (Å²) in [6.45, 7) is 0. The summed E-state index contributed by atoms with van der Waals surface area (Å²) in [6.07, 6.45) is 2.52. The van der Waals surface area contributed by atoms with E-state index in [1.807, 2.05) is 0 Å². The van der Waals surface area contributed by atoms with Gasteiger partial charge in [-0.3, -0.25) is 4.79 Å². The lowest BCUT2D eigenvalue weighted by Gasteiger charge is -2.32. The summed E-state index contributed by atoms with van der Waals surface area (Å²) < 4.78 is 66.2. The van der Waals surface area contributed by atoms with Crippen LogP contribution < -0.4 is 5.32 Å². The fourth-order valence-corrected chi connectivity index (χ4v) is 7.32. The lowest BCUT2D eigenvalue weighted by Crippen LogP contribution is -2.33. The molecule has 1 amide bonds. The van der Waals surface area contributed by atoms with Crippen molar-refractivity contribution in [1.29, 1.82) is 0 Å². The van der Waals surface area contributed by atoms with Crippen LogP contribution in [-0.4, -0.2) is 31.3 Å². The molecule has 2 unspecified atom stereocenters. The molecule has 2 aromatic rings. The average molecular weight is 488 g/mol. The summed E-state index contributed by atoms with van der Waals surface area (Å²) in [7, 11) is -3.84. The highest BCUT2D eigenvalue weighted by atomic mass is 35.5. The molecule has 4 atom stereocenters. The van der Waals surface area contributed by atoms with Gasteiger partial charge >= 0.3 is 0 Å². The van der Waals surface area contributed by atoms with Crippen molar-refractivity contribution in [3.63, 3.8) is 0 Å². The molecule has 0 saturated heterocycles. The van der Waals surface area contributed by atoms with Crippen LogP contribution in [-0.2, 0) is 9.84 Å². The molecule has 2 N–H and O–H groups in total. The second kappa shape index (κ2) is 8.68. The number of halogens is 4. The van der Waals surface area contributed by atoms with Gasteiger partial charge in [-0.1, -0.05) is 11.6 Å². The summed E-state index contributed by atoms with van der Waals surface area (Å²) in [5.74, 6) is -5.37. The maximum atomic E-state index is 13.4. The minimum atomic E-state index is -3.84. The number of amides is 1. The minimum absolute atomic E-state index is 0.0383. The zero-order chi connectivity index (χ0) is 23.2. The Kier molecular flexibility index (Phi) is 6.26. The number of hydrogen-bond donors (Lipinski definition) is 2. The topological polar surface area (TPSA) is 83.5 Å². The third-order valence-electron chi connectivity index (χ3n) is 6.45. The minimum Gasteiger partial charge on any atom is -0.393 e. The van der Waals surface area contributed by atoms with Gasteiger partial charge in [0.2, 0.25) is 0 Å². The maximum absolute atomic E-state index is 13.4. The van der Waals surface area contributed by atoms with Crippen molar-refractivity contribution in [2.24, 2.45) is 17.8 Å². The van der Waals surface area contributed by atoms with Crippen LogP contribution in [0.2, 0.25) is 5.02 Å². The van der Waals surface area contributed by atoms with Gasteiger partial charge in [-0.05, 0) is 61.6 Å². The molecule has 2 aliphatic carbocycles. The Balaban J connectivity index is 1.56. The Morgan fingerprint density at radius 3 is 2.25 bits per heavy atom. The Hall–Kier alpha value is -2.10. The SMILES string of the molecule is O=C(Nc1cc(F)c(F)c(F)c1)c1ccc(Cl)c(S(=O)(=O)C[C@@H]2C3CC[C@H]2CC(O)C3)c1. The number of benzene rings is 2. The normalized spacial score (nSPS) is 25.0. The van der Waals surface area contributed by atoms with E-state index in [0.717, 1.165) is 18.9 Å². The van der Waals surface area contributed by atoms with E-state index in [-0.39, 0.29) is 44.7 Å². The molecular formula is C22H21ClF3NO4S. The van der Waals surface area contributed by atoms with E-state index < -0.39 is 39.3 Å². The molecule has 2 aliphatic rings. The number of carbonyl (C=O) groups excluding carboxylic acids is 1. The summed E-state index contributed by atoms with van der Waals surface area (Å²) in [5, 5.41) is 12.1. The third-order valence-corrected chi connectivity index (χ3v) is 8.72. The van der Waals surface area contributed by atoms with Gasteiger partial charge in [0.15, 0.2) is 27.3 Å². The number of sulfone groups is 1. The Labute approximate surface area is 188 Å². The number of fused-ring (bicyclic) bond motifs is 2.